The van der Waals surface area contributed by atoms with Crippen LogP contribution in [0.25, 0.3) is 0 Å². The predicted octanol–water partition coefficient (Wildman–Crippen LogP) is 3.58. The highest BCUT2D eigenvalue weighted by atomic mass is 16.2. The third-order valence-electron chi connectivity index (χ3n) is 3.66. The first-order chi connectivity index (χ1) is 9.09. The van der Waals surface area contributed by atoms with E-state index in [9.17, 15) is 4.79 Å². The van der Waals surface area contributed by atoms with Gasteiger partial charge in [0, 0.05) is 18.3 Å². The van der Waals surface area contributed by atoms with Gasteiger partial charge < -0.3 is 5.32 Å². The maximum absolute atomic E-state index is 12.3. The Kier molecular flexibility index (Phi) is 4.46. The van der Waals surface area contributed by atoms with Gasteiger partial charge in [-0.2, -0.15) is 0 Å². The number of nitrogens with one attached hydrogen (secondary N) is 1. The van der Waals surface area contributed by atoms with E-state index >= 15 is 0 Å². The van der Waals surface area contributed by atoms with Gasteiger partial charge in [-0.15, -0.1) is 0 Å². The molecule has 1 aromatic carbocycles. The van der Waals surface area contributed by atoms with Crippen molar-refractivity contribution in [1.29, 1.82) is 0 Å². The lowest BCUT2D eigenvalue weighted by atomic mass is 10.1. The summed E-state index contributed by atoms with van der Waals surface area (Å²) in [5.74, 6) is 0.698. The van der Waals surface area contributed by atoms with Crippen LogP contribution in [-0.4, -0.2) is 18.6 Å². The summed E-state index contributed by atoms with van der Waals surface area (Å²) in [7, 11) is 0. The van der Waals surface area contributed by atoms with Gasteiger partial charge in [0.2, 0.25) is 0 Å². The minimum atomic E-state index is 0.0428. The van der Waals surface area contributed by atoms with Crippen LogP contribution in [-0.2, 0) is 6.42 Å². The zero-order chi connectivity index (χ0) is 13.8. The van der Waals surface area contributed by atoms with Crippen molar-refractivity contribution < 1.29 is 4.79 Å². The Bertz CT molecular complexity index is 442. The fourth-order valence-electron chi connectivity index (χ4n) is 2.67. The third-order valence-corrected chi connectivity index (χ3v) is 3.66. The van der Waals surface area contributed by atoms with Crippen LogP contribution in [0.1, 0.15) is 39.2 Å². The Labute approximate surface area is 116 Å². The number of fused-ring (bicyclic) bond motifs is 1. The van der Waals surface area contributed by atoms with E-state index in [1.165, 1.54) is 5.56 Å². The first-order valence-electron chi connectivity index (χ1n) is 7.24. The van der Waals surface area contributed by atoms with Crippen LogP contribution in [0.3, 0.4) is 0 Å². The molecule has 2 amide bonds. The van der Waals surface area contributed by atoms with E-state index in [0.29, 0.717) is 5.92 Å². The summed E-state index contributed by atoms with van der Waals surface area (Å²) in [6, 6.07) is 8.47. The number of carbonyl (C=O) groups is 1. The lowest BCUT2D eigenvalue weighted by Crippen LogP contribution is -2.43. The topological polar surface area (TPSA) is 32.3 Å². The average molecular weight is 260 g/mol. The number of carbonyl (C=O) groups excluding carboxylic acids is 1. The Morgan fingerprint density at radius 3 is 2.89 bits per heavy atom. The molecule has 0 aliphatic carbocycles. The van der Waals surface area contributed by atoms with Gasteiger partial charge in [-0.25, -0.2) is 4.79 Å². The molecule has 3 heteroatoms. The molecular formula is C16H24N2O. The molecule has 0 saturated heterocycles. The molecule has 0 saturated carbocycles. The number of benzene rings is 1. The van der Waals surface area contributed by atoms with E-state index < -0.39 is 0 Å². The number of hydrogen-bond donors (Lipinski definition) is 1. The van der Waals surface area contributed by atoms with Crippen molar-refractivity contribution in [3.05, 3.63) is 29.8 Å². The molecule has 1 unspecified atom stereocenters. The van der Waals surface area contributed by atoms with Gasteiger partial charge in [0.05, 0.1) is 0 Å². The van der Waals surface area contributed by atoms with Crippen LogP contribution in [0.15, 0.2) is 24.3 Å². The Balaban J connectivity index is 1.92. The minimum absolute atomic E-state index is 0.0428. The first kappa shape index (κ1) is 13.9. The van der Waals surface area contributed by atoms with Crippen LogP contribution in [0, 0.1) is 5.92 Å². The van der Waals surface area contributed by atoms with Crippen LogP contribution in [0.4, 0.5) is 10.5 Å². The maximum Gasteiger partial charge on any atom is 0.322 e. The zero-order valence-corrected chi connectivity index (χ0v) is 12.1. The van der Waals surface area contributed by atoms with Gasteiger partial charge >= 0.3 is 6.03 Å². The molecule has 3 nitrogen and oxygen atoms in total. The number of amides is 2. The Morgan fingerprint density at radius 1 is 1.42 bits per heavy atom. The number of hydrogen-bond acceptors (Lipinski definition) is 1. The summed E-state index contributed by atoms with van der Waals surface area (Å²) < 4.78 is 0. The lowest BCUT2D eigenvalue weighted by molar-refractivity contribution is 0.244. The first-order valence-corrected chi connectivity index (χ1v) is 7.24. The summed E-state index contributed by atoms with van der Waals surface area (Å²) in [6.07, 6.45) is 3.16. The quantitative estimate of drug-likeness (QED) is 0.824. The summed E-state index contributed by atoms with van der Waals surface area (Å²) in [4.78, 5) is 14.2. The molecule has 0 radical (unpaired) electrons. The summed E-state index contributed by atoms with van der Waals surface area (Å²) in [5, 5.41) is 3.04. The largest absolute Gasteiger partial charge is 0.338 e. The highest BCUT2D eigenvalue weighted by Gasteiger charge is 2.30. The molecule has 1 heterocycles. The van der Waals surface area contributed by atoms with Crippen LogP contribution in [0.2, 0.25) is 0 Å². The second kappa shape index (κ2) is 6.09. The Hall–Kier alpha value is -1.51. The number of anilines is 1. The van der Waals surface area contributed by atoms with Crippen molar-refractivity contribution in [2.75, 3.05) is 11.4 Å². The van der Waals surface area contributed by atoms with Crippen LogP contribution in [0.5, 0.6) is 0 Å². The molecule has 1 N–H and O–H groups in total. The van der Waals surface area contributed by atoms with E-state index in [4.69, 9.17) is 0 Å². The molecule has 0 bridgehead atoms. The third kappa shape index (κ3) is 3.28. The number of nitrogens with zero attached hydrogens (tertiary/aromatic N) is 1. The minimum Gasteiger partial charge on any atom is -0.338 e. The van der Waals surface area contributed by atoms with E-state index in [-0.39, 0.29) is 12.1 Å². The molecule has 104 valence electrons. The smallest absolute Gasteiger partial charge is 0.322 e. The predicted molar refractivity (Wildman–Crippen MR) is 79.6 cm³/mol. The zero-order valence-electron chi connectivity index (χ0n) is 12.1. The Morgan fingerprint density at radius 2 is 2.16 bits per heavy atom. The van der Waals surface area contributed by atoms with Crippen molar-refractivity contribution in [1.82, 2.24) is 5.32 Å². The summed E-state index contributed by atoms with van der Waals surface area (Å²) in [6.45, 7) is 7.29. The standard InChI is InChI=1S/C16H24N2O/c1-12(2)7-6-10-17-16(19)18-13(3)11-14-8-4-5-9-15(14)18/h4-5,8-9,12-13H,6-7,10-11H2,1-3H3,(H,17,19). The van der Waals surface area contributed by atoms with Crippen LogP contribution >= 0.6 is 0 Å². The second-order valence-electron chi connectivity index (χ2n) is 5.82. The maximum atomic E-state index is 12.3. The molecule has 0 spiro atoms. The van der Waals surface area contributed by atoms with Gasteiger partial charge in [0.15, 0.2) is 0 Å². The summed E-state index contributed by atoms with van der Waals surface area (Å²) in [5.41, 5.74) is 2.34. The van der Waals surface area contributed by atoms with E-state index in [1.54, 1.807) is 0 Å². The summed E-state index contributed by atoms with van der Waals surface area (Å²) >= 11 is 0. The normalized spacial score (nSPS) is 17.7. The highest BCUT2D eigenvalue weighted by Crippen LogP contribution is 2.31. The van der Waals surface area contributed by atoms with Gasteiger partial charge in [-0.3, -0.25) is 4.90 Å². The number of rotatable bonds is 4. The van der Waals surface area contributed by atoms with Gasteiger partial charge in [0.25, 0.3) is 0 Å². The van der Waals surface area contributed by atoms with Gasteiger partial charge in [-0.05, 0) is 43.7 Å². The van der Waals surface area contributed by atoms with E-state index in [2.05, 4.69) is 32.2 Å². The molecule has 2 rings (SSSR count). The van der Waals surface area contributed by atoms with Crippen molar-refractivity contribution in [3.63, 3.8) is 0 Å². The van der Waals surface area contributed by atoms with Crippen molar-refractivity contribution in [2.24, 2.45) is 5.92 Å². The fraction of sp³-hybridized carbons (Fsp3) is 0.562. The fourth-order valence-corrected chi connectivity index (χ4v) is 2.67. The van der Waals surface area contributed by atoms with E-state index in [1.807, 2.05) is 23.1 Å². The molecule has 1 aromatic rings. The molecule has 1 aliphatic rings. The molecule has 1 aliphatic heterocycles. The van der Waals surface area contributed by atoms with Gasteiger partial charge in [0.1, 0.15) is 0 Å². The molecule has 0 aromatic heterocycles. The van der Waals surface area contributed by atoms with Crippen molar-refractivity contribution in [3.8, 4) is 0 Å². The van der Waals surface area contributed by atoms with Crippen molar-refractivity contribution in [2.45, 2.75) is 46.1 Å². The highest BCUT2D eigenvalue weighted by molar-refractivity contribution is 5.94. The van der Waals surface area contributed by atoms with E-state index in [0.717, 1.165) is 31.5 Å². The van der Waals surface area contributed by atoms with Crippen molar-refractivity contribution >= 4 is 11.7 Å². The van der Waals surface area contributed by atoms with Crippen LogP contribution < -0.4 is 10.2 Å². The lowest BCUT2D eigenvalue weighted by Gasteiger charge is -2.23. The molecular weight excluding hydrogens is 236 g/mol. The molecule has 1 atom stereocenters. The second-order valence-corrected chi connectivity index (χ2v) is 5.82. The molecule has 19 heavy (non-hydrogen) atoms. The number of urea groups is 1. The number of para-hydroxylation sites is 1. The molecule has 0 fully saturated rings. The SMILES string of the molecule is CC(C)CCCNC(=O)N1c2ccccc2CC1C. The average Bonchev–Trinajstić information content (AvgIpc) is 2.70. The van der Waals surface area contributed by atoms with Gasteiger partial charge in [-0.1, -0.05) is 32.0 Å². The monoisotopic (exact) mass is 260 g/mol.